The van der Waals surface area contributed by atoms with Crippen molar-refractivity contribution in [2.45, 2.75) is 13.5 Å². The summed E-state index contributed by atoms with van der Waals surface area (Å²) in [5.74, 6) is 0.255. The summed E-state index contributed by atoms with van der Waals surface area (Å²) in [6.45, 7) is 2.44. The SMILES string of the molecule is Cc1c(Cl)cccc1NC(=O)c1ccc(NCc2ccncc2)nn1. The van der Waals surface area contributed by atoms with Gasteiger partial charge in [-0.1, -0.05) is 17.7 Å². The first kappa shape index (κ1) is 16.9. The third-order valence-corrected chi connectivity index (χ3v) is 4.05. The van der Waals surface area contributed by atoms with Crippen molar-refractivity contribution in [1.29, 1.82) is 0 Å². The molecule has 0 saturated heterocycles. The van der Waals surface area contributed by atoms with Crippen LogP contribution in [0.2, 0.25) is 5.02 Å². The van der Waals surface area contributed by atoms with Crippen molar-refractivity contribution < 1.29 is 4.79 Å². The second kappa shape index (κ2) is 7.72. The number of anilines is 2. The van der Waals surface area contributed by atoms with E-state index in [1.807, 2.05) is 19.1 Å². The van der Waals surface area contributed by atoms with Gasteiger partial charge in [-0.25, -0.2) is 0 Å². The van der Waals surface area contributed by atoms with Crippen molar-refractivity contribution in [2.24, 2.45) is 0 Å². The van der Waals surface area contributed by atoms with Crippen molar-refractivity contribution in [3.8, 4) is 0 Å². The Hall–Kier alpha value is -2.99. The first-order valence-corrected chi connectivity index (χ1v) is 8.04. The van der Waals surface area contributed by atoms with Gasteiger partial charge < -0.3 is 10.6 Å². The average molecular weight is 354 g/mol. The van der Waals surface area contributed by atoms with Crippen molar-refractivity contribution in [3.05, 3.63) is 76.7 Å². The van der Waals surface area contributed by atoms with Gasteiger partial charge in [0.05, 0.1) is 0 Å². The van der Waals surface area contributed by atoms with Crippen LogP contribution in [-0.2, 0) is 6.54 Å². The molecule has 126 valence electrons. The maximum Gasteiger partial charge on any atom is 0.276 e. The van der Waals surface area contributed by atoms with E-state index in [-0.39, 0.29) is 11.6 Å². The lowest BCUT2D eigenvalue weighted by Crippen LogP contribution is -2.15. The van der Waals surface area contributed by atoms with Gasteiger partial charge in [-0.3, -0.25) is 9.78 Å². The minimum atomic E-state index is -0.335. The van der Waals surface area contributed by atoms with E-state index in [4.69, 9.17) is 11.6 Å². The van der Waals surface area contributed by atoms with Gasteiger partial charge in [-0.15, -0.1) is 10.2 Å². The number of rotatable bonds is 5. The summed E-state index contributed by atoms with van der Waals surface area (Å²) in [7, 11) is 0. The molecular weight excluding hydrogens is 338 g/mol. The Bertz CT molecular complexity index is 868. The zero-order chi connectivity index (χ0) is 17.6. The van der Waals surface area contributed by atoms with E-state index in [0.717, 1.165) is 11.1 Å². The molecule has 0 fully saturated rings. The number of amides is 1. The summed E-state index contributed by atoms with van der Waals surface area (Å²) < 4.78 is 0. The van der Waals surface area contributed by atoms with Gasteiger partial charge in [0.2, 0.25) is 0 Å². The number of carbonyl (C=O) groups is 1. The molecule has 0 aliphatic carbocycles. The molecule has 0 bridgehead atoms. The lowest BCUT2D eigenvalue weighted by atomic mass is 10.2. The van der Waals surface area contributed by atoms with E-state index in [0.29, 0.717) is 23.1 Å². The number of hydrogen-bond acceptors (Lipinski definition) is 5. The minimum Gasteiger partial charge on any atom is -0.365 e. The highest BCUT2D eigenvalue weighted by atomic mass is 35.5. The highest BCUT2D eigenvalue weighted by molar-refractivity contribution is 6.31. The average Bonchev–Trinajstić information content (AvgIpc) is 2.65. The quantitative estimate of drug-likeness (QED) is 0.731. The molecule has 0 radical (unpaired) electrons. The molecule has 1 aromatic carbocycles. The molecule has 3 rings (SSSR count). The van der Waals surface area contributed by atoms with Crippen LogP contribution in [0.1, 0.15) is 21.6 Å². The number of hydrogen-bond donors (Lipinski definition) is 2. The molecule has 1 amide bonds. The molecule has 0 unspecified atom stereocenters. The first-order chi connectivity index (χ1) is 12.1. The predicted molar refractivity (Wildman–Crippen MR) is 97.7 cm³/mol. The summed E-state index contributed by atoms with van der Waals surface area (Å²) in [6, 6.07) is 12.5. The summed E-state index contributed by atoms with van der Waals surface area (Å²) in [5, 5.41) is 14.5. The monoisotopic (exact) mass is 353 g/mol. The molecule has 0 aliphatic heterocycles. The van der Waals surface area contributed by atoms with Crippen molar-refractivity contribution >= 4 is 29.0 Å². The largest absolute Gasteiger partial charge is 0.365 e. The van der Waals surface area contributed by atoms with E-state index in [9.17, 15) is 4.79 Å². The van der Waals surface area contributed by atoms with Crippen LogP contribution >= 0.6 is 11.6 Å². The molecule has 2 N–H and O–H groups in total. The standard InChI is InChI=1S/C18H16ClN5O/c1-12-14(19)3-2-4-15(12)22-18(25)16-5-6-17(24-23-16)21-11-13-7-9-20-10-8-13/h2-10H,11H2,1H3,(H,21,24)(H,22,25). The highest BCUT2D eigenvalue weighted by Crippen LogP contribution is 2.23. The number of halogens is 1. The molecule has 2 heterocycles. The van der Waals surface area contributed by atoms with Gasteiger partial charge in [0.25, 0.3) is 5.91 Å². The number of carbonyl (C=O) groups excluding carboxylic acids is 1. The third kappa shape index (κ3) is 4.30. The van der Waals surface area contributed by atoms with Crippen LogP contribution in [-0.4, -0.2) is 21.1 Å². The number of benzene rings is 1. The Kier molecular flexibility index (Phi) is 5.20. The van der Waals surface area contributed by atoms with Crippen LogP contribution < -0.4 is 10.6 Å². The summed E-state index contributed by atoms with van der Waals surface area (Å²) in [5.41, 5.74) is 2.77. The topological polar surface area (TPSA) is 79.8 Å². The zero-order valence-corrected chi connectivity index (χ0v) is 14.3. The Morgan fingerprint density at radius 3 is 2.60 bits per heavy atom. The van der Waals surface area contributed by atoms with E-state index in [2.05, 4.69) is 25.8 Å². The molecule has 2 aromatic heterocycles. The van der Waals surface area contributed by atoms with E-state index < -0.39 is 0 Å². The Morgan fingerprint density at radius 1 is 1.08 bits per heavy atom. The summed E-state index contributed by atoms with van der Waals surface area (Å²) in [6.07, 6.45) is 3.46. The summed E-state index contributed by atoms with van der Waals surface area (Å²) in [4.78, 5) is 16.3. The lowest BCUT2D eigenvalue weighted by molar-refractivity contribution is 0.102. The zero-order valence-electron chi connectivity index (χ0n) is 13.5. The fourth-order valence-electron chi connectivity index (χ4n) is 2.17. The Balaban J connectivity index is 1.63. The van der Waals surface area contributed by atoms with Crippen LogP contribution in [0.25, 0.3) is 0 Å². The van der Waals surface area contributed by atoms with Crippen LogP contribution in [0.3, 0.4) is 0 Å². The van der Waals surface area contributed by atoms with Gasteiger partial charge >= 0.3 is 0 Å². The van der Waals surface area contributed by atoms with Crippen LogP contribution in [0.5, 0.6) is 0 Å². The van der Waals surface area contributed by atoms with E-state index in [1.54, 1.807) is 42.7 Å². The molecule has 25 heavy (non-hydrogen) atoms. The minimum absolute atomic E-state index is 0.230. The number of aromatic nitrogens is 3. The maximum atomic E-state index is 12.3. The smallest absolute Gasteiger partial charge is 0.276 e. The molecule has 0 atom stereocenters. The molecule has 0 spiro atoms. The molecule has 6 nitrogen and oxygen atoms in total. The van der Waals surface area contributed by atoms with Gasteiger partial charge in [0.15, 0.2) is 5.69 Å². The number of pyridine rings is 1. The molecule has 0 aliphatic rings. The van der Waals surface area contributed by atoms with Gasteiger partial charge in [0.1, 0.15) is 5.82 Å². The molecule has 0 saturated carbocycles. The first-order valence-electron chi connectivity index (χ1n) is 7.66. The van der Waals surface area contributed by atoms with Gasteiger partial charge in [-0.2, -0.15) is 0 Å². The maximum absolute atomic E-state index is 12.3. The van der Waals surface area contributed by atoms with Gasteiger partial charge in [-0.05, 0) is 54.4 Å². The Labute approximate surface area is 150 Å². The number of nitrogens with zero attached hydrogens (tertiary/aromatic N) is 3. The second-order valence-electron chi connectivity index (χ2n) is 5.38. The van der Waals surface area contributed by atoms with E-state index >= 15 is 0 Å². The van der Waals surface area contributed by atoms with Gasteiger partial charge in [0, 0.05) is 29.6 Å². The van der Waals surface area contributed by atoms with Crippen molar-refractivity contribution in [2.75, 3.05) is 10.6 Å². The summed E-state index contributed by atoms with van der Waals surface area (Å²) >= 11 is 6.06. The van der Waals surface area contributed by atoms with Crippen LogP contribution in [0, 0.1) is 6.92 Å². The third-order valence-electron chi connectivity index (χ3n) is 3.64. The fraction of sp³-hybridized carbons (Fsp3) is 0.111. The molecular formula is C18H16ClN5O. The lowest BCUT2D eigenvalue weighted by Gasteiger charge is -2.09. The second-order valence-corrected chi connectivity index (χ2v) is 5.79. The van der Waals surface area contributed by atoms with Crippen molar-refractivity contribution in [1.82, 2.24) is 15.2 Å². The normalized spacial score (nSPS) is 10.3. The Morgan fingerprint density at radius 2 is 1.88 bits per heavy atom. The molecule has 3 aromatic rings. The van der Waals surface area contributed by atoms with E-state index in [1.165, 1.54) is 0 Å². The van der Waals surface area contributed by atoms with Crippen LogP contribution in [0.15, 0.2) is 54.9 Å². The molecule has 7 heteroatoms. The van der Waals surface area contributed by atoms with Crippen LogP contribution in [0.4, 0.5) is 11.5 Å². The van der Waals surface area contributed by atoms with Crippen molar-refractivity contribution in [3.63, 3.8) is 0 Å². The predicted octanol–water partition coefficient (Wildman–Crippen LogP) is 3.70. The fourth-order valence-corrected chi connectivity index (χ4v) is 2.34. The highest BCUT2D eigenvalue weighted by Gasteiger charge is 2.11. The number of nitrogens with one attached hydrogen (secondary N) is 2.